The van der Waals surface area contributed by atoms with Crippen LogP contribution < -0.4 is 0 Å². The zero-order chi connectivity index (χ0) is 15.5. The van der Waals surface area contributed by atoms with Crippen LogP contribution in [0.5, 0.6) is 0 Å². The van der Waals surface area contributed by atoms with Crippen LogP contribution in [-0.2, 0) is 4.74 Å². The number of thioether (sulfide) groups is 1. The van der Waals surface area contributed by atoms with Crippen molar-refractivity contribution in [2.24, 2.45) is 0 Å². The minimum Gasteiger partial charge on any atom is -0.444 e. The monoisotopic (exact) mass is 313 g/mol. The maximum atomic E-state index is 12.7. The van der Waals surface area contributed by atoms with Crippen molar-refractivity contribution in [3.8, 4) is 0 Å². The molecule has 1 aromatic heterocycles. The van der Waals surface area contributed by atoms with Gasteiger partial charge in [-0.2, -0.15) is 0 Å². The Labute approximate surface area is 128 Å². The van der Waals surface area contributed by atoms with Crippen LogP contribution in [0.4, 0.5) is 9.18 Å². The van der Waals surface area contributed by atoms with E-state index in [1.807, 2.05) is 20.8 Å². The molecule has 5 nitrogen and oxygen atoms in total. The third-order valence-electron chi connectivity index (χ3n) is 3.01. The molecule has 1 fully saturated rings. The summed E-state index contributed by atoms with van der Waals surface area (Å²) in [6.07, 6.45) is 3.93. The van der Waals surface area contributed by atoms with Gasteiger partial charge in [0.1, 0.15) is 5.60 Å². The van der Waals surface area contributed by atoms with Gasteiger partial charge < -0.3 is 9.64 Å². The number of rotatable bonds is 3. The summed E-state index contributed by atoms with van der Waals surface area (Å²) in [5.74, 6) is 0.237. The van der Waals surface area contributed by atoms with Gasteiger partial charge in [-0.05, 0) is 33.6 Å². The molecule has 2 rings (SSSR count). The average molecular weight is 313 g/mol. The van der Waals surface area contributed by atoms with Crippen molar-refractivity contribution in [2.75, 3.05) is 12.3 Å². The van der Waals surface area contributed by atoms with E-state index >= 15 is 0 Å². The molecule has 0 aromatic carbocycles. The highest BCUT2D eigenvalue weighted by atomic mass is 32.2. The predicted octanol–water partition coefficient (Wildman–Crippen LogP) is 3.11. The number of halogens is 1. The van der Waals surface area contributed by atoms with Gasteiger partial charge in [0, 0.05) is 18.3 Å². The van der Waals surface area contributed by atoms with Crippen LogP contribution in [0.2, 0.25) is 0 Å². The molecule has 0 radical (unpaired) electrons. The summed E-state index contributed by atoms with van der Waals surface area (Å²) in [5, 5.41) is 0.521. The minimum absolute atomic E-state index is 0.110. The first-order valence-electron chi connectivity index (χ1n) is 6.95. The largest absolute Gasteiger partial charge is 0.444 e. The summed E-state index contributed by atoms with van der Waals surface area (Å²) in [7, 11) is 0. The van der Waals surface area contributed by atoms with Crippen LogP contribution in [0.25, 0.3) is 0 Å². The number of carbonyl (C=O) groups excluding carboxylic acids is 1. The van der Waals surface area contributed by atoms with E-state index < -0.39 is 11.4 Å². The second-order valence-electron chi connectivity index (χ2n) is 5.96. The van der Waals surface area contributed by atoms with E-state index in [0.29, 0.717) is 17.5 Å². The smallest absolute Gasteiger partial charge is 0.410 e. The molecule has 2 heterocycles. The highest BCUT2D eigenvalue weighted by Crippen LogP contribution is 2.25. The van der Waals surface area contributed by atoms with Crippen molar-refractivity contribution in [1.29, 1.82) is 0 Å². The van der Waals surface area contributed by atoms with Crippen LogP contribution in [0.1, 0.15) is 33.6 Å². The molecule has 0 spiro atoms. The predicted molar refractivity (Wildman–Crippen MR) is 78.7 cm³/mol. The summed E-state index contributed by atoms with van der Waals surface area (Å²) in [6.45, 7) is 6.29. The molecule has 1 atom stereocenters. The normalized spacial score (nSPS) is 18.9. The van der Waals surface area contributed by atoms with Crippen LogP contribution in [0, 0.1) is 5.82 Å². The Bertz CT molecular complexity index is 490. The Hall–Kier alpha value is -1.37. The molecule has 1 aliphatic rings. The number of nitrogens with zero attached hydrogens (tertiary/aromatic N) is 3. The van der Waals surface area contributed by atoms with E-state index in [1.54, 1.807) is 4.90 Å². The van der Waals surface area contributed by atoms with Crippen molar-refractivity contribution in [3.63, 3.8) is 0 Å². The van der Waals surface area contributed by atoms with Gasteiger partial charge in [-0.15, -0.1) is 0 Å². The summed E-state index contributed by atoms with van der Waals surface area (Å²) < 4.78 is 18.2. The zero-order valence-electron chi connectivity index (χ0n) is 12.5. The Balaban J connectivity index is 1.90. The van der Waals surface area contributed by atoms with Gasteiger partial charge in [0.05, 0.1) is 12.4 Å². The highest BCUT2D eigenvalue weighted by molar-refractivity contribution is 7.99. The fourth-order valence-corrected chi connectivity index (χ4v) is 3.06. The molecule has 0 N–H and O–H groups in total. The van der Waals surface area contributed by atoms with Crippen molar-refractivity contribution in [1.82, 2.24) is 14.9 Å². The van der Waals surface area contributed by atoms with Gasteiger partial charge in [0.25, 0.3) is 0 Å². The first-order chi connectivity index (χ1) is 9.85. The summed E-state index contributed by atoms with van der Waals surface area (Å²) in [6, 6.07) is 0.110. The molecule has 1 aliphatic heterocycles. The Kier molecular flexibility index (Phi) is 5.03. The number of likely N-dealkylation sites (tertiary alicyclic amines) is 1. The fraction of sp³-hybridized carbons (Fsp3) is 0.643. The molecule has 1 amide bonds. The highest BCUT2D eigenvalue weighted by Gasteiger charge is 2.32. The van der Waals surface area contributed by atoms with Crippen molar-refractivity contribution in [2.45, 2.75) is 50.4 Å². The summed E-state index contributed by atoms with van der Waals surface area (Å²) >= 11 is 1.43. The van der Waals surface area contributed by atoms with Gasteiger partial charge in [0.2, 0.25) is 0 Å². The van der Waals surface area contributed by atoms with Crippen LogP contribution in [0.15, 0.2) is 17.6 Å². The SMILES string of the molecule is CC(C)(C)OC(=O)N1CCCC1CSc1ncc(F)cn1. The number of aromatic nitrogens is 2. The minimum atomic E-state index is -0.489. The second kappa shape index (κ2) is 6.60. The molecule has 0 bridgehead atoms. The third-order valence-corrected chi connectivity index (χ3v) is 4.03. The molecule has 1 unspecified atom stereocenters. The molecular weight excluding hydrogens is 293 g/mol. The molecule has 1 saturated heterocycles. The van der Waals surface area contributed by atoms with Crippen LogP contribution in [0.3, 0.4) is 0 Å². The Morgan fingerprint density at radius 3 is 2.76 bits per heavy atom. The van der Waals surface area contributed by atoms with E-state index in [0.717, 1.165) is 25.2 Å². The first-order valence-corrected chi connectivity index (χ1v) is 7.94. The van der Waals surface area contributed by atoms with Crippen molar-refractivity contribution < 1.29 is 13.9 Å². The zero-order valence-corrected chi connectivity index (χ0v) is 13.3. The fourth-order valence-electron chi connectivity index (χ4n) is 2.12. The third kappa shape index (κ3) is 4.84. The van der Waals surface area contributed by atoms with E-state index in [4.69, 9.17) is 4.74 Å². The maximum Gasteiger partial charge on any atom is 0.410 e. The number of hydrogen-bond donors (Lipinski definition) is 0. The van der Waals surface area contributed by atoms with Gasteiger partial charge in [-0.1, -0.05) is 11.8 Å². The quantitative estimate of drug-likeness (QED) is 0.634. The van der Waals surface area contributed by atoms with E-state index in [1.165, 1.54) is 11.8 Å². The number of amides is 1. The lowest BCUT2D eigenvalue weighted by atomic mass is 10.2. The van der Waals surface area contributed by atoms with E-state index in [2.05, 4.69) is 9.97 Å². The molecule has 0 aliphatic carbocycles. The molecule has 7 heteroatoms. The lowest BCUT2D eigenvalue weighted by Gasteiger charge is -2.28. The molecule has 0 saturated carbocycles. The summed E-state index contributed by atoms with van der Waals surface area (Å²) in [5.41, 5.74) is -0.489. The van der Waals surface area contributed by atoms with Crippen molar-refractivity contribution in [3.05, 3.63) is 18.2 Å². The number of ether oxygens (including phenoxy) is 1. The second-order valence-corrected chi connectivity index (χ2v) is 6.95. The molecule has 116 valence electrons. The van der Waals surface area contributed by atoms with Gasteiger partial charge in [0.15, 0.2) is 11.0 Å². The Morgan fingerprint density at radius 2 is 2.14 bits per heavy atom. The van der Waals surface area contributed by atoms with Crippen LogP contribution >= 0.6 is 11.8 Å². The Morgan fingerprint density at radius 1 is 1.48 bits per heavy atom. The van der Waals surface area contributed by atoms with E-state index in [9.17, 15) is 9.18 Å². The number of carbonyl (C=O) groups is 1. The standard InChI is InChI=1S/C14H20FN3O2S/c1-14(2,3)20-13(19)18-6-4-5-11(18)9-21-12-16-7-10(15)8-17-12/h7-8,11H,4-6,9H2,1-3H3. The molecular formula is C14H20FN3O2S. The van der Waals surface area contributed by atoms with E-state index in [-0.39, 0.29) is 12.1 Å². The van der Waals surface area contributed by atoms with Crippen molar-refractivity contribution >= 4 is 17.9 Å². The van der Waals surface area contributed by atoms with Gasteiger partial charge in [-0.25, -0.2) is 19.2 Å². The number of hydrogen-bond acceptors (Lipinski definition) is 5. The van der Waals surface area contributed by atoms with Crippen LogP contribution in [-0.4, -0.2) is 44.9 Å². The lowest BCUT2D eigenvalue weighted by molar-refractivity contribution is 0.0242. The lowest BCUT2D eigenvalue weighted by Crippen LogP contribution is -2.40. The molecule has 1 aromatic rings. The average Bonchev–Trinajstić information content (AvgIpc) is 2.84. The molecule has 21 heavy (non-hydrogen) atoms. The van der Waals surface area contributed by atoms with Gasteiger partial charge >= 0.3 is 6.09 Å². The maximum absolute atomic E-state index is 12.7. The topological polar surface area (TPSA) is 55.3 Å². The van der Waals surface area contributed by atoms with Gasteiger partial charge in [-0.3, -0.25) is 0 Å². The first kappa shape index (κ1) is 16.0. The summed E-state index contributed by atoms with van der Waals surface area (Å²) in [4.78, 5) is 21.7.